The molecule has 23 heavy (non-hydrogen) atoms. The molecule has 1 N–H and O–H groups in total. The number of nitrogens with zero attached hydrogens (tertiary/aromatic N) is 2. The van der Waals surface area contributed by atoms with E-state index < -0.39 is 30.3 Å². The van der Waals surface area contributed by atoms with E-state index in [2.05, 4.69) is 5.32 Å². The first-order valence-corrected chi connectivity index (χ1v) is 8.28. The lowest BCUT2D eigenvalue weighted by Gasteiger charge is -2.34. The van der Waals surface area contributed by atoms with Gasteiger partial charge >= 0.3 is 17.8 Å². The Kier molecular flexibility index (Phi) is 5.38. The van der Waals surface area contributed by atoms with Gasteiger partial charge in [-0.1, -0.05) is 33.6 Å². The summed E-state index contributed by atoms with van der Waals surface area (Å²) in [6.45, 7) is 5.96. The predicted octanol–water partition coefficient (Wildman–Crippen LogP) is 1.13. The normalized spacial score (nSPS) is 25.5. The summed E-state index contributed by atoms with van der Waals surface area (Å²) < 4.78 is 0. The Morgan fingerprint density at radius 2 is 1.83 bits per heavy atom. The summed E-state index contributed by atoms with van der Waals surface area (Å²) >= 11 is 0. The van der Waals surface area contributed by atoms with E-state index in [0.717, 1.165) is 35.5 Å². The highest BCUT2D eigenvalue weighted by atomic mass is 16.2. The number of amides is 5. The molecule has 1 aliphatic heterocycles. The van der Waals surface area contributed by atoms with Gasteiger partial charge < -0.3 is 5.32 Å². The zero-order valence-corrected chi connectivity index (χ0v) is 14.0. The largest absolute Gasteiger partial charge is 0.354 e. The summed E-state index contributed by atoms with van der Waals surface area (Å²) in [5, 5.41) is 2.65. The van der Waals surface area contributed by atoms with Gasteiger partial charge in [-0.25, -0.2) is 9.69 Å². The first-order chi connectivity index (χ1) is 10.8. The number of hydrogen-bond acceptors (Lipinski definition) is 4. The highest BCUT2D eigenvalue weighted by Crippen LogP contribution is 2.31. The maximum atomic E-state index is 12.5. The minimum atomic E-state index is -0.896. The van der Waals surface area contributed by atoms with Gasteiger partial charge in [0, 0.05) is 12.6 Å². The average molecular weight is 323 g/mol. The van der Waals surface area contributed by atoms with Crippen LogP contribution >= 0.6 is 0 Å². The van der Waals surface area contributed by atoms with Crippen LogP contribution in [0.3, 0.4) is 0 Å². The van der Waals surface area contributed by atoms with Gasteiger partial charge in [0.25, 0.3) is 0 Å². The van der Waals surface area contributed by atoms with Crippen molar-refractivity contribution in [2.24, 2.45) is 11.8 Å². The molecule has 0 aromatic heterocycles. The summed E-state index contributed by atoms with van der Waals surface area (Å²) in [5.74, 6) is -1.67. The first kappa shape index (κ1) is 17.4. The van der Waals surface area contributed by atoms with Crippen LogP contribution in [0.25, 0.3) is 0 Å². The fraction of sp³-hybridized carbons (Fsp3) is 0.750. The molecular weight excluding hydrogens is 298 g/mol. The fourth-order valence-corrected chi connectivity index (χ4v) is 3.15. The molecule has 0 spiro atoms. The van der Waals surface area contributed by atoms with Crippen molar-refractivity contribution in [2.75, 3.05) is 13.1 Å². The molecular formula is C16H25N3O4. The van der Waals surface area contributed by atoms with E-state index >= 15 is 0 Å². The molecule has 5 amide bonds. The van der Waals surface area contributed by atoms with E-state index in [4.69, 9.17) is 0 Å². The Morgan fingerprint density at radius 1 is 1.17 bits per heavy atom. The van der Waals surface area contributed by atoms with Gasteiger partial charge in [-0.3, -0.25) is 19.3 Å². The van der Waals surface area contributed by atoms with Crippen molar-refractivity contribution >= 4 is 23.8 Å². The Labute approximate surface area is 136 Å². The smallest absolute Gasteiger partial charge is 0.334 e. The molecule has 2 fully saturated rings. The maximum absolute atomic E-state index is 12.5. The number of imide groups is 2. The molecule has 1 aliphatic carbocycles. The number of rotatable bonds is 5. The van der Waals surface area contributed by atoms with Crippen molar-refractivity contribution in [3.05, 3.63) is 0 Å². The maximum Gasteiger partial charge on any atom is 0.334 e. The van der Waals surface area contributed by atoms with Gasteiger partial charge in [0.1, 0.15) is 6.54 Å². The van der Waals surface area contributed by atoms with Crippen molar-refractivity contribution in [1.29, 1.82) is 0 Å². The third kappa shape index (κ3) is 3.71. The molecule has 2 atom stereocenters. The minimum absolute atomic E-state index is 0.180. The van der Waals surface area contributed by atoms with Crippen LogP contribution in [-0.2, 0) is 14.4 Å². The van der Waals surface area contributed by atoms with E-state index in [0.29, 0.717) is 6.54 Å². The second-order valence-electron chi connectivity index (χ2n) is 6.88. The van der Waals surface area contributed by atoms with Gasteiger partial charge in [-0.2, -0.15) is 0 Å². The molecule has 7 nitrogen and oxygen atoms in total. The average Bonchev–Trinajstić information content (AvgIpc) is 2.70. The van der Waals surface area contributed by atoms with Gasteiger partial charge in [-0.05, 0) is 24.7 Å². The zero-order chi connectivity index (χ0) is 17.1. The molecule has 2 rings (SSSR count). The molecule has 1 saturated carbocycles. The summed E-state index contributed by atoms with van der Waals surface area (Å²) in [6.07, 6.45) is 3.67. The van der Waals surface area contributed by atoms with Crippen LogP contribution in [0.4, 0.5) is 4.79 Å². The summed E-state index contributed by atoms with van der Waals surface area (Å²) in [5.41, 5.74) is 0. The number of carbonyl (C=O) groups is 4. The van der Waals surface area contributed by atoms with Crippen molar-refractivity contribution < 1.29 is 19.2 Å². The number of urea groups is 1. The molecule has 2 aliphatic rings. The highest BCUT2D eigenvalue weighted by molar-refractivity contribution is 6.45. The van der Waals surface area contributed by atoms with Crippen molar-refractivity contribution in [1.82, 2.24) is 15.1 Å². The van der Waals surface area contributed by atoms with Crippen LogP contribution < -0.4 is 5.32 Å². The molecule has 0 bridgehead atoms. The molecule has 0 aromatic carbocycles. The number of nitrogens with one attached hydrogen (secondary N) is 1. The van der Waals surface area contributed by atoms with Crippen molar-refractivity contribution in [2.45, 2.75) is 52.5 Å². The third-order valence-electron chi connectivity index (χ3n) is 4.49. The van der Waals surface area contributed by atoms with Gasteiger partial charge in [0.2, 0.25) is 5.91 Å². The molecule has 0 aromatic rings. The Balaban J connectivity index is 2.05. The number of hydrogen-bond donors (Lipinski definition) is 1. The van der Waals surface area contributed by atoms with Crippen LogP contribution in [0, 0.1) is 11.8 Å². The Hall–Kier alpha value is -1.92. The lowest BCUT2D eigenvalue weighted by molar-refractivity contribution is -0.145. The second kappa shape index (κ2) is 7.10. The fourth-order valence-electron chi connectivity index (χ4n) is 3.15. The van der Waals surface area contributed by atoms with E-state index in [1.54, 1.807) is 0 Å². The molecule has 1 saturated heterocycles. The van der Waals surface area contributed by atoms with E-state index in [1.807, 2.05) is 20.8 Å². The van der Waals surface area contributed by atoms with Gasteiger partial charge in [0.05, 0.1) is 0 Å². The molecule has 0 unspecified atom stereocenters. The Morgan fingerprint density at radius 3 is 2.43 bits per heavy atom. The summed E-state index contributed by atoms with van der Waals surface area (Å²) in [4.78, 5) is 50.5. The SMILES string of the molecule is CC(C)CNC(=O)CN1C(=O)C(=O)N([C@@H]2CCCC[C@@H]2C)C1=O. The van der Waals surface area contributed by atoms with E-state index in [-0.39, 0.29) is 17.9 Å². The van der Waals surface area contributed by atoms with Crippen LogP contribution in [0.2, 0.25) is 0 Å². The lowest BCUT2D eigenvalue weighted by atomic mass is 9.85. The van der Waals surface area contributed by atoms with Crippen LogP contribution in [0.1, 0.15) is 46.5 Å². The van der Waals surface area contributed by atoms with Crippen LogP contribution in [0.5, 0.6) is 0 Å². The molecule has 0 radical (unpaired) electrons. The first-order valence-electron chi connectivity index (χ1n) is 8.28. The Bertz CT molecular complexity index is 517. The van der Waals surface area contributed by atoms with Crippen molar-refractivity contribution in [3.8, 4) is 0 Å². The minimum Gasteiger partial charge on any atom is -0.354 e. The predicted molar refractivity (Wildman–Crippen MR) is 83.2 cm³/mol. The molecule has 128 valence electrons. The monoisotopic (exact) mass is 323 g/mol. The number of carbonyl (C=O) groups excluding carboxylic acids is 4. The highest BCUT2D eigenvalue weighted by Gasteiger charge is 2.49. The third-order valence-corrected chi connectivity index (χ3v) is 4.49. The van der Waals surface area contributed by atoms with Crippen molar-refractivity contribution in [3.63, 3.8) is 0 Å². The second-order valence-corrected chi connectivity index (χ2v) is 6.88. The summed E-state index contributed by atoms with van der Waals surface area (Å²) in [6, 6.07) is -0.894. The van der Waals surface area contributed by atoms with E-state index in [1.165, 1.54) is 0 Å². The topological polar surface area (TPSA) is 86.8 Å². The molecule has 1 heterocycles. The van der Waals surface area contributed by atoms with Crippen LogP contribution in [0.15, 0.2) is 0 Å². The standard InChI is InChI=1S/C16H25N3O4/c1-10(2)8-17-13(20)9-18-14(21)15(22)19(16(18)23)12-7-5-4-6-11(12)3/h10-12H,4-9H2,1-3H3,(H,17,20)/t11-,12+/m0/s1. The van der Waals surface area contributed by atoms with Gasteiger partial charge in [-0.15, -0.1) is 0 Å². The van der Waals surface area contributed by atoms with E-state index in [9.17, 15) is 19.2 Å². The summed E-state index contributed by atoms with van der Waals surface area (Å²) in [7, 11) is 0. The molecule has 7 heteroatoms. The van der Waals surface area contributed by atoms with Crippen LogP contribution in [-0.4, -0.2) is 52.7 Å². The zero-order valence-electron chi connectivity index (χ0n) is 14.0. The lowest BCUT2D eigenvalue weighted by Crippen LogP contribution is -2.47. The van der Waals surface area contributed by atoms with Gasteiger partial charge in [0.15, 0.2) is 0 Å². The quantitative estimate of drug-likeness (QED) is 0.607.